The molecule has 3 rings (SSSR count). The van der Waals surface area contributed by atoms with Gasteiger partial charge in [-0.1, -0.05) is 50.2 Å². The predicted octanol–water partition coefficient (Wildman–Crippen LogP) is 2.42. The Morgan fingerprint density at radius 2 is 1.75 bits per heavy atom. The zero-order chi connectivity index (χ0) is 20.2. The van der Waals surface area contributed by atoms with Gasteiger partial charge in [0.1, 0.15) is 0 Å². The summed E-state index contributed by atoms with van der Waals surface area (Å²) in [6.07, 6.45) is 0. The number of hydrogen-bond donors (Lipinski definition) is 1. The van der Waals surface area contributed by atoms with E-state index in [9.17, 15) is 13.2 Å². The van der Waals surface area contributed by atoms with E-state index >= 15 is 0 Å². The second-order valence-corrected chi connectivity index (χ2v) is 9.41. The smallest absolute Gasteiger partial charge is 0.251 e. The molecule has 28 heavy (non-hydrogen) atoms. The molecule has 6 nitrogen and oxygen atoms in total. The molecule has 1 fully saturated rings. The quantitative estimate of drug-likeness (QED) is 0.805. The minimum absolute atomic E-state index is 0.129. The summed E-state index contributed by atoms with van der Waals surface area (Å²) in [5, 5.41) is 2.93. The van der Waals surface area contributed by atoms with E-state index in [1.54, 1.807) is 12.1 Å². The molecular weight excluding hydrogens is 376 g/mol. The Morgan fingerprint density at radius 1 is 1.07 bits per heavy atom. The first kappa shape index (κ1) is 20.5. The minimum Gasteiger partial charge on any atom is -0.379 e. The average molecular weight is 403 g/mol. The van der Waals surface area contributed by atoms with Crippen molar-refractivity contribution in [2.45, 2.75) is 24.2 Å². The molecule has 150 valence electrons. The molecule has 0 unspecified atom stereocenters. The van der Waals surface area contributed by atoms with Crippen molar-refractivity contribution in [3.05, 3.63) is 65.7 Å². The van der Waals surface area contributed by atoms with Gasteiger partial charge in [-0.15, -0.1) is 0 Å². The number of nitrogens with one attached hydrogen (secondary N) is 1. The van der Waals surface area contributed by atoms with E-state index < -0.39 is 10.0 Å². The molecule has 0 radical (unpaired) electrons. The van der Waals surface area contributed by atoms with Crippen molar-refractivity contribution < 1.29 is 17.9 Å². The number of sulfonamides is 1. The van der Waals surface area contributed by atoms with Gasteiger partial charge in [0.15, 0.2) is 0 Å². The van der Waals surface area contributed by atoms with Gasteiger partial charge in [-0.2, -0.15) is 4.31 Å². The number of benzene rings is 2. The Labute approximate surface area is 166 Å². The number of ether oxygens (including phenoxy) is 1. The van der Waals surface area contributed by atoms with Crippen LogP contribution < -0.4 is 5.32 Å². The highest BCUT2D eigenvalue weighted by Gasteiger charge is 2.27. The molecule has 1 amide bonds. The van der Waals surface area contributed by atoms with Crippen LogP contribution in [0, 0.1) is 0 Å². The summed E-state index contributed by atoms with van der Waals surface area (Å²) in [6, 6.07) is 16.2. The van der Waals surface area contributed by atoms with E-state index in [1.807, 2.05) is 30.3 Å². The summed E-state index contributed by atoms with van der Waals surface area (Å²) in [5.41, 5.74) is 1.21. The van der Waals surface area contributed by atoms with E-state index in [2.05, 4.69) is 19.2 Å². The highest BCUT2D eigenvalue weighted by molar-refractivity contribution is 7.89. The van der Waals surface area contributed by atoms with Crippen LogP contribution in [0.25, 0.3) is 0 Å². The van der Waals surface area contributed by atoms with Gasteiger partial charge in [-0.05, 0) is 23.8 Å². The molecule has 0 spiro atoms. The Balaban J connectivity index is 1.72. The maximum atomic E-state index is 12.8. The minimum atomic E-state index is -3.63. The van der Waals surface area contributed by atoms with Crippen LogP contribution in [-0.2, 0) is 20.2 Å². The zero-order valence-corrected chi connectivity index (χ0v) is 17.0. The maximum absolute atomic E-state index is 12.8. The van der Waals surface area contributed by atoms with Crippen LogP contribution in [-0.4, -0.2) is 51.5 Å². The first-order valence-electron chi connectivity index (χ1n) is 9.32. The third kappa shape index (κ3) is 4.60. The summed E-state index contributed by atoms with van der Waals surface area (Å²) in [5.74, 6) is -0.289. The van der Waals surface area contributed by atoms with Crippen LogP contribution in [0.1, 0.15) is 29.8 Å². The Bertz CT molecular complexity index is 920. The lowest BCUT2D eigenvalue weighted by Gasteiger charge is -2.26. The number of amides is 1. The van der Waals surface area contributed by atoms with E-state index in [-0.39, 0.29) is 16.2 Å². The predicted molar refractivity (Wildman–Crippen MR) is 108 cm³/mol. The molecule has 0 bridgehead atoms. The molecule has 2 aromatic carbocycles. The number of rotatable bonds is 6. The summed E-state index contributed by atoms with van der Waals surface area (Å²) < 4.78 is 32.2. The number of hydrogen-bond acceptors (Lipinski definition) is 4. The fourth-order valence-corrected chi connectivity index (χ4v) is 4.58. The van der Waals surface area contributed by atoms with Crippen LogP contribution in [0.5, 0.6) is 0 Å². The van der Waals surface area contributed by atoms with E-state index in [0.29, 0.717) is 38.4 Å². The van der Waals surface area contributed by atoms with Gasteiger partial charge < -0.3 is 10.1 Å². The fourth-order valence-electron chi connectivity index (χ4n) is 3.13. The number of nitrogens with zero attached hydrogens (tertiary/aromatic N) is 1. The van der Waals surface area contributed by atoms with Gasteiger partial charge >= 0.3 is 0 Å². The van der Waals surface area contributed by atoms with Crippen molar-refractivity contribution in [3.8, 4) is 0 Å². The van der Waals surface area contributed by atoms with Gasteiger partial charge in [0, 0.05) is 30.6 Å². The Morgan fingerprint density at radius 3 is 2.43 bits per heavy atom. The normalized spacial score (nSPS) is 15.9. The average Bonchev–Trinajstić information content (AvgIpc) is 2.73. The van der Waals surface area contributed by atoms with Crippen LogP contribution in [0.3, 0.4) is 0 Å². The molecule has 1 N–H and O–H groups in total. The Hall–Kier alpha value is -2.22. The first-order chi connectivity index (χ1) is 13.3. The highest BCUT2D eigenvalue weighted by atomic mass is 32.2. The standard InChI is InChI=1S/C21H26N2O4S/c1-21(2,18-8-4-3-5-9-18)16-22-20(24)17-7-6-10-19(15-17)28(25,26)23-11-13-27-14-12-23/h3-10,15H,11-14,16H2,1-2H3,(H,22,24). The molecule has 1 saturated heterocycles. The molecule has 7 heteroatoms. The molecule has 1 aliphatic heterocycles. The van der Waals surface area contributed by atoms with Crippen LogP contribution >= 0.6 is 0 Å². The maximum Gasteiger partial charge on any atom is 0.251 e. The van der Waals surface area contributed by atoms with Gasteiger partial charge in [-0.25, -0.2) is 8.42 Å². The summed E-state index contributed by atoms with van der Waals surface area (Å²) >= 11 is 0. The van der Waals surface area contributed by atoms with Gasteiger partial charge in [0.2, 0.25) is 10.0 Å². The van der Waals surface area contributed by atoms with Crippen molar-refractivity contribution in [2.24, 2.45) is 0 Å². The highest BCUT2D eigenvalue weighted by Crippen LogP contribution is 2.22. The largest absolute Gasteiger partial charge is 0.379 e. The molecule has 0 atom stereocenters. The van der Waals surface area contributed by atoms with Crippen LogP contribution in [0.15, 0.2) is 59.5 Å². The second-order valence-electron chi connectivity index (χ2n) is 7.48. The molecule has 1 heterocycles. The van der Waals surface area contributed by atoms with E-state index in [1.165, 1.54) is 16.4 Å². The third-order valence-corrected chi connectivity index (χ3v) is 6.84. The molecule has 1 aliphatic rings. The molecule has 0 aromatic heterocycles. The lowest BCUT2D eigenvalue weighted by Crippen LogP contribution is -2.40. The lowest BCUT2D eigenvalue weighted by molar-refractivity contribution is 0.0730. The molecule has 0 saturated carbocycles. The van der Waals surface area contributed by atoms with Gasteiger partial charge in [0.25, 0.3) is 5.91 Å². The second kappa shape index (κ2) is 8.43. The number of morpholine rings is 1. The van der Waals surface area contributed by atoms with E-state index in [0.717, 1.165) is 5.56 Å². The Kier molecular flexibility index (Phi) is 6.17. The summed E-state index contributed by atoms with van der Waals surface area (Å²) in [7, 11) is -3.63. The number of carbonyl (C=O) groups is 1. The summed E-state index contributed by atoms with van der Waals surface area (Å²) in [6.45, 7) is 5.97. The van der Waals surface area contributed by atoms with Gasteiger partial charge in [0.05, 0.1) is 18.1 Å². The van der Waals surface area contributed by atoms with E-state index in [4.69, 9.17) is 4.74 Å². The van der Waals surface area contributed by atoms with Gasteiger partial charge in [-0.3, -0.25) is 4.79 Å². The zero-order valence-electron chi connectivity index (χ0n) is 16.2. The van der Waals surface area contributed by atoms with Crippen molar-refractivity contribution in [1.29, 1.82) is 0 Å². The molecule has 2 aromatic rings. The summed E-state index contributed by atoms with van der Waals surface area (Å²) in [4.78, 5) is 12.8. The van der Waals surface area contributed by atoms with Crippen molar-refractivity contribution in [1.82, 2.24) is 9.62 Å². The SMILES string of the molecule is CC(C)(CNC(=O)c1cccc(S(=O)(=O)N2CCOCC2)c1)c1ccccc1. The third-order valence-electron chi connectivity index (χ3n) is 4.95. The van der Waals surface area contributed by atoms with Crippen molar-refractivity contribution in [3.63, 3.8) is 0 Å². The topological polar surface area (TPSA) is 75.7 Å². The monoisotopic (exact) mass is 402 g/mol. The fraction of sp³-hybridized carbons (Fsp3) is 0.381. The van der Waals surface area contributed by atoms with Crippen molar-refractivity contribution in [2.75, 3.05) is 32.8 Å². The number of carbonyl (C=O) groups excluding carboxylic acids is 1. The molecular formula is C21H26N2O4S. The molecule has 0 aliphatic carbocycles. The van der Waals surface area contributed by atoms with Crippen LogP contribution in [0.4, 0.5) is 0 Å². The lowest BCUT2D eigenvalue weighted by atomic mass is 9.84. The first-order valence-corrected chi connectivity index (χ1v) is 10.8. The van der Waals surface area contributed by atoms with Crippen LogP contribution in [0.2, 0.25) is 0 Å². The van der Waals surface area contributed by atoms with Crippen molar-refractivity contribution >= 4 is 15.9 Å².